The summed E-state index contributed by atoms with van der Waals surface area (Å²) in [7, 11) is 0. The van der Waals surface area contributed by atoms with E-state index < -0.39 is 0 Å². The van der Waals surface area contributed by atoms with Crippen molar-refractivity contribution in [2.45, 2.75) is 47.0 Å². The van der Waals surface area contributed by atoms with Gasteiger partial charge in [-0.1, -0.05) is 45.0 Å². The minimum atomic E-state index is 0.593. The van der Waals surface area contributed by atoms with Crippen LogP contribution in [0.25, 0.3) is 16.7 Å². The van der Waals surface area contributed by atoms with Gasteiger partial charge in [0.2, 0.25) is 11.5 Å². The number of nitrogens with zero attached hydrogens (tertiary/aromatic N) is 2. The summed E-state index contributed by atoms with van der Waals surface area (Å²) in [5.41, 5.74) is 8.30. The van der Waals surface area contributed by atoms with Gasteiger partial charge in [-0.3, -0.25) is 10.3 Å². The number of imidazole rings is 1. The highest BCUT2D eigenvalue weighted by Crippen LogP contribution is 2.29. The maximum atomic E-state index is 9.98. The normalized spacial score (nSPS) is 11.3. The SMILES string of the molecule is CCc1ccc(Nc2c(CCC(C)C)c(C)c(C#N)c3[nH]c4ccccc4[n+]23)cc1. The van der Waals surface area contributed by atoms with Crippen LogP contribution in [-0.2, 0) is 12.8 Å². The summed E-state index contributed by atoms with van der Waals surface area (Å²) in [6.45, 7) is 8.73. The molecule has 152 valence electrons. The minimum Gasteiger partial charge on any atom is -0.273 e. The van der Waals surface area contributed by atoms with Crippen LogP contribution < -0.4 is 9.72 Å². The summed E-state index contributed by atoms with van der Waals surface area (Å²) in [5.74, 6) is 1.64. The van der Waals surface area contributed by atoms with Crippen LogP contribution in [0.15, 0.2) is 48.5 Å². The van der Waals surface area contributed by atoms with Crippen LogP contribution in [0.1, 0.15) is 49.4 Å². The molecule has 4 aromatic rings. The predicted octanol–water partition coefficient (Wildman–Crippen LogP) is 5.98. The molecule has 0 aliphatic heterocycles. The molecule has 0 amide bonds. The van der Waals surface area contributed by atoms with Crippen LogP contribution in [0.5, 0.6) is 0 Å². The third-order valence-corrected chi connectivity index (χ3v) is 5.90. The smallest absolute Gasteiger partial charge is 0.250 e. The number of benzene rings is 2. The molecule has 4 rings (SSSR count). The molecule has 30 heavy (non-hydrogen) atoms. The van der Waals surface area contributed by atoms with E-state index in [1.807, 2.05) is 12.1 Å². The summed E-state index contributed by atoms with van der Waals surface area (Å²) in [4.78, 5) is 3.48. The highest BCUT2D eigenvalue weighted by Gasteiger charge is 2.25. The molecule has 0 unspecified atom stereocenters. The number of aromatic nitrogens is 2. The van der Waals surface area contributed by atoms with Crippen molar-refractivity contribution in [3.05, 3.63) is 70.8 Å². The van der Waals surface area contributed by atoms with E-state index >= 15 is 0 Å². The number of aromatic amines is 1. The van der Waals surface area contributed by atoms with Crippen molar-refractivity contribution in [3.8, 4) is 6.07 Å². The fraction of sp³-hybridized carbons (Fsp3) is 0.308. The Morgan fingerprint density at radius 2 is 1.83 bits per heavy atom. The van der Waals surface area contributed by atoms with Crippen molar-refractivity contribution in [2.24, 2.45) is 5.92 Å². The Labute approximate surface area is 178 Å². The lowest BCUT2D eigenvalue weighted by atomic mass is 9.96. The van der Waals surface area contributed by atoms with Crippen molar-refractivity contribution >= 4 is 28.2 Å². The van der Waals surface area contributed by atoms with E-state index in [0.29, 0.717) is 5.92 Å². The third kappa shape index (κ3) is 3.52. The van der Waals surface area contributed by atoms with Crippen molar-refractivity contribution in [1.82, 2.24) is 4.98 Å². The lowest BCUT2D eigenvalue weighted by molar-refractivity contribution is -0.465. The van der Waals surface area contributed by atoms with Crippen LogP contribution in [0.2, 0.25) is 0 Å². The number of pyridine rings is 1. The van der Waals surface area contributed by atoms with E-state index in [9.17, 15) is 5.26 Å². The highest BCUT2D eigenvalue weighted by atomic mass is 15.1. The fourth-order valence-corrected chi connectivity index (χ4v) is 4.09. The molecule has 2 heterocycles. The van der Waals surface area contributed by atoms with E-state index in [2.05, 4.69) is 84.9 Å². The van der Waals surface area contributed by atoms with Crippen molar-refractivity contribution in [3.63, 3.8) is 0 Å². The molecule has 0 fully saturated rings. The summed E-state index contributed by atoms with van der Waals surface area (Å²) in [6, 6.07) is 19.3. The zero-order valence-electron chi connectivity index (χ0n) is 18.2. The maximum absolute atomic E-state index is 9.98. The van der Waals surface area contributed by atoms with Gasteiger partial charge in [0.1, 0.15) is 22.7 Å². The molecule has 0 radical (unpaired) electrons. The molecule has 0 saturated carbocycles. The number of hydrogen-bond donors (Lipinski definition) is 2. The molecule has 0 aliphatic rings. The first-order valence-electron chi connectivity index (χ1n) is 10.8. The minimum absolute atomic E-state index is 0.593. The number of anilines is 2. The van der Waals surface area contributed by atoms with Gasteiger partial charge in [-0.25, -0.2) is 0 Å². The Hall–Kier alpha value is -3.32. The van der Waals surface area contributed by atoms with Gasteiger partial charge < -0.3 is 0 Å². The van der Waals surface area contributed by atoms with Crippen molar-refractivity contribution in [2.75, 3.05) is 5.32 Å². The molecule has 0 bridgehead atoms. The first kappa shape index (κ1) is 20.0. The Balaban J connectivity index is 2.00. The molecule has 2 N–H and O–H groups in total. The van der Waals surface area contributed by atoms with Crippen molar-refractivity contribution in [1.29, 1.82) is 5.26 Å². The summed E-state index contributed by atoms with van der Waals surface area (Å²) >= 11 is 0. The molecule has 2 aromatic heterocycles. The Morgan fingerprint density at radius 3 is 2.50 bits per heavy atom. The zero-order chi connectivity index (χ0) is 21.3. The average Bonchev–Trinajstić information content (AvgIpc) is 3.13. The second-order valence-corrected chi connectivity index (χ2v) is 8.37. The number of hydrogen-bond acceptors (Lipinski definition) is 2. The van der Waals surface area contributed by atoms with Gasteiger partial charge in [0, 0.05) is 5.56 Å². The Morgan fingerprint density at radius 1 is 1.10 bits per heavy atom. The highest BCUT2D eigenvalue weighted by molar-refractivity contribution is 5.78. The zero-order valence-corrected chi connectivity index (χ0v) is 18.2. The largest absolute Gasteiger partial charge is 0.273 e. The van der Waals surface area contributed by atoms with E-state index in [-0.39, 0.29) is 0 Å². The first-order valence-corrected chi connectivity index (χ1v) is 10.8. The second kappa shape index (κ2) is 8.20. The molecule has 0 aliphatic carbocycles. The molecule has 0 saturated heterocycles. The number of rotatable bonds is 6. The molecule has 4 nitrogen and oxygen atoms in total. The molecular formula is C26H29N4+. The van der Waals surface area contributed by atoms with Gasteiger partial charge in [-0.05, 0) is 67.5 Å². The lowest BCUT2D eigenvalue weighted by Crippen LogP contribution is -2.28. The van der Waals surface area contributed by atoms with Gasteiger partial charge in [-0.15, -0.1) is 0 Å². The molecule has 0 atom stereocenters. The molecule has 4 heteroatoms. The number of nitriles is 1. The van der Waals surface area contributed by atoms with Gasteiger partial charge in [0.05, 0.1) is 5.69 Å². The summed E-state index contributed by atoms with van der Waals surface area (Å²) < 4.78 is 2.18. The molecule has 0 spiro atoms. The third-order valence-electron chi connectivity index (χ3n) is 5.90. The van der Waals surface area contributed by atoms with Crippen LogP contribution in [0, 0.1) is 24.2 Å². The average molecular weight is 398 g/mol. The van der Waals surface area contributed by atoms with Gasteiger partial charge in [0.15, 0.2) is 0 Å². The number of fused-ring (bicyclic) bond motifs is 3. The molecular weight excluding hydrogens is 368 g/mol. The van der Waals surface area contributed by atoms with Crippen LogP contribution in [0.4, 0.5) is 11.5 Å². The van der Waals surface area contributed by atoms with Crippen LogP contribution >= 0.6 is 0 Å². The van der Waals surface area contributed by atoms with Gasteiger partial charge in [0.25, 0.3) is 0 Å². The van der Waals surface area contributed by atoms with E-state index in [1.165, 1.54) is 11.1 Å². The number of aryl methyl sites for hydroxylation is 1. The number of nitrogens with one attached hydrogen (secondary N) is 2. The van der Waals surface area contributed by atoms with Gasteiger partial charge in [-0.2, -0.15) is 9.66 Å². The first-order chi connectivity index (χ1) is 14.5. The Kier molecular flexibility index (Phi) is 5.46. The standard InChI is InChI=1S/C26H28N4/c1-5-19-11-13-20(14-12-19)28-25-21(15-10-17(2)3)18(4)22(16-27)26-29-23-8-6-7-9-24(23)30(25)26/h6-9,11-14,17H,5,10,15H2,1-4H3,(H,28,29)/p+1. The lowest BCUT2D eigenvalue weighted by Gasteiger charge is -2.15. The second-order valence-electron chi connectivity index (χ2n) is 8.37. The fourth-order valence-electron chi connectivity index (χ4n) is 4.09. The number of para-hydroxylation sites is 2. The maximum Gasteiger partial charge on any atom is 0.250 e. The topological polar surface area (TPSA) is 55.7 Å². The van der Waals surface area contributed by atoms with E-state index in [1.54, 1.807) is 0 Å². The quantitative estimate of drug-likeness (QED) is 0.393. The van der Waals surface area contributed by atoms with Gasteiger partial charge >= 0.3 is 0 Å². The van der Waals surface area contributed by atoms with Crippen LogP contribution in [-0.4, -0.2) is 4.98 Å². The van der Waals surface area contributed by atoms with Crippen LogP contribution in [0.3, 0.4) is 0 Å². The van der Waals surface area contributed by atoms with E-state index in [0.717, 1.165) is 58.6 Å². The summed E-state index contributed by atoms with van der Waals surface area (Å²) in [5, 5.41) is 13.7. The monoisotopic (exact) mass is 397 g/mol. The van der Waals surface area contributed by atoms with E-state index in [4.69, 9.17) is 0 Å². The molecule has 2 aromatic carbocycles. The summed E-state index contributed by atoms with van der Waals surface area (Å²) in [6.07, 6.45) is 3.02. The Bertz CT molecular complexity index is 1240. The predicted molar refractivity (Wildman–Crippen MR) is 123 cm³/mol. The number of H-pyrrole nitrogens is 1. The van der Waals surface area contributed by atoms with Crippen molar-refractivity contribution < 1.29 is 4.40 Å².